The van der Waals surface area contributed by atoms with Crippen LogP contribution in [-0.2, 0) is 42.2 Å². The van der Waals surface area contributed by atoms with Gasteiger partial charge in [0.05, 0.1) is 13.5 Å². The highest BCUT2D eigenvalue weighted by Gasteiger charge is 2.62. The van der Waals surface area contributed by atoms with Gasteiger partial charge in [-0.2, -0.15) is 0 Å². The number of aryl methyl sites for hydroxylation is 1. The lowest BCUT2D eigenvalue weighted by molar-refractivity contribution is -0.165. The van der Waals surface area contributed by atoms with Crippen LogP contribution in [0.2, 0.25) is 0 Å². The number of esters is 1. The minimum Gasteiger partial charge on any atom is -0.493 e. The van der Waals surface area contributed by atoms with Crippen molar-refractivity contribution in [3.8, 4) is 11.5 Å². The Hall–Kier alpha value is -3.59. The fourth-order valence-corrected chi connectivity index (χ4v) is 6.89. The Bertz CT molecular complexity index is 1350. The average molecular weight is 594 g/mol. The maximum absolute atomic E-state index is 13.6. The highest BCUT2D eigenvalue weighted by Crippen LogP contribution is 2.61. The van der Waals surface area contributed by atoms with Crippen LogP contribution in [-0.4, -0.2) is 67.4 Å². The molecular weight excluding hydrogens is 550 g/mol. The van der Waals surface area contributed by atoms with Crippen LogP contribution >= 0.6 is 0 Å². The van der Waals surface area contributed by atoms with Crippen molar-refractivity contribution in [3.05, 3.63) is 59.2 Å². The topological polar surface area (TPSA) is 101 Å². The van der Waals surface area contributed by atoms with E-state index in [2.05, 4.69) is 24.9 Å². The normalized spacial score (nSPS) is 25.0. The number of Topliss-reactive ketones (excluding diaryl/α,β-unsaturated/α-hetero) is 1. The molecule has 1 spiro atoms. The number of carbonyl (C=O) groups is 3. The van der Waals surface area contributed by atoms with Crippen LogP contribution in [0.25, 0.3) is 0 Å². The van der Waals surface area contributed by atoms with Gasteiger partial charge in [-0.15, -0.1) is 0 Å². The predicted octanol–water partition coefficient (Wildman–Crippen LogP) is 5.39. The number of hydrogen-bond acceptors (Lipinski definition) is 9. The van der Waals surface area contributed by atoms with E-state index >= 15 is 0 Å². The van der Waals surface area contributed by atoms with E-state index in [-0.39, 0.29) is 36.1 Å². The van der Waals surface area contributed by atoms with Gasteiger partial charge in [-0.25, -0.2) is 9.59 Å². The first-order valence-electron chi connectivity index (χ1n) is 15.1. The molecule has 2 aromatic carbocycles. The fraction of sp³-hybridized carbons (Fsp3) is 0.559. The van der Waals surface area contributed by atoms with E-state index in [1.165, 1.54) is 5.56 Å². The molecule has 0 bridgehead atoms. The molecule has 43 heavy (non-hydrogen) atoms. The van der Waals surface area contributed by atoms with Crippen LogP contribution in [0.5, 0.6) is 11.5 Å². The van der Waals surface area contributed by atoms with Crippen LogP contribution in [0.15, 0.2) is 42.5 Å². The molecule has 0 amide bonds. The number of benzene rings is 2. The largest absolute Gasteiger partial charge is 0.509 e. The first-order valence-corrected chi connectivity index (χ1v) is 15.1. The van der Waals surface area contributed by atoms with Gasteiger partial charge in [0.25, 0.3) is 0 Å². The summed E-state index contributed by atoms with van der Waals surface area (Å²) < 4.78 is 29.1. The van der Waals surface area contributed by atoms with Gasteiger partial charge in [-0.1, -0.05) is 43.3 Å². The fourth-order valence-electron chi connectivity index (χ4n) is 6.89. The molecule has 0 aromatic heterocycles. The third-order valence-electron chi connectivity index (χ3n) is 9.00. The van der Waals surface area contributed by atoms with Crippen molar-refractivity contribution >= 4 is 17.9 Å². The lowest BCUT2D eigenvalue weighted by Crippen LogP contribution is -2.41. The number of carbonyl (C=O) groups excluding carboxylic acids is 3. The van der Waals surface area contributed by atoms with E-state index < -0.39 is 29.9 Å². The van der Waals surface area contributed by atoms with Gasteiger partial charge >= 0.3 is 12.1 Å². The van der Waals surface area contributed by atoms with Gasteiger partial charge < -0.3 is 28.6 Å². The van der Waals surface area contributed by atoms with Crippen molar-refractivity contribution in [1.29, 1.82) is 0 Å². The number of nitrogens with zero attached hydrogens (tertiary/aromatic N) is 1. The third kappa shape index (κ3) is 6.37. The molecule has 2 aliphatic heterocycles. The zero-order valence-electron chi connectivity index (χ0n) is 26.0. The molecule has 1 aliphatic carbocycles. The SMILES string of the molecule is COc1ccc2c3c1O[C@H]1C[C@H](OC(=O)[C@H](CC(=O)CCc4ccccc4)OC(=O)OC(C)(C)C)C(C)[C@@]31CCN(C)C2. The van der Waals surface area contributed by atoms with Gasteiger partial charge in [-0.3, -0.25) is 4.79 Å². The van der Waals surface area contributed by atoms with Crippen molar-refractivity contribution in [2.45, 2.75) is 95.7 Å². The third-order valence-corrected chi connectivity index (χ3v) is 9.00. The standard InChI is InChI=1S/C34H43NO8/c1-21-26(19-28-34(21)16-17-35(5)20-23-13-15-25(39-6)30(42-28)29(23)34)40-31(37)27(41-32(38)43-33(2,3)4)18-24(36)14-12-22-10-8-7-9-11-22/h7-11,13,15,21,26-28H,12,14,16-20H2,1-6H3/t21?,26-,27-,28-,34+/m0/s1. The molecule has 9 heteroatoms. The van der Waals surface area contributed by atoms with Crippen molar-refractivity contribution in [1.82, 2.24) is 4.90 Å². The summed E-state index contributed by atoms with van der Waals surface area (Å²) in [6.07, 6.45) is -1.35. The maximum Gasteiger partial charge on any atom is 0.509 e. The lowest BCUT2D eigenvalue weighted by Gasteiger charge is -2.34. The van der Waals surface area contributed by atoms with Gasteiger partial charge in [0.2, 0.25) is 6.10 Å². The molecule has 1 fully saturated rings. The summed E-state index contributed by atoms with van der Waals surface area (Å²) in [6, 6.07) is 13.7. The van der Waals surface area contributed by atoms with Crippen LogP contribution in [0.4, 0.5) is 4.79 Å². The average Bonchev–Trinajstić information content (AvgIpc) is 3.34. The summed E-state index contributed by atoms with van der Waals surface area (Å²) in [5, 5.41) is 0. The van der Waals surface area contributed by atoms with E-state index in [1.807, 2.05) is 36.4 Å². The summed E-state index contributed by atoms with van der Waals surface area (Å²) in [6.45, 7) is 8.86. The molecule has 232 valence electrons. The molecule has 9 nitrogen and oxygen atoms in total. The van der Waals surface area contributed by atoms with Gasteiger partial charge in [-0.05, 0) is 64.4 Å². The van der Waals surface area contributed by atoms with Crippen molar-refractivity contribution < 1.29 is 38.1 Å². The molecule has 0 saturated heterocycles. The van der Waals surface area contributed by atoms with Gasteiger partial charge in [0.15, 0.2) is 11.5 Å². The molecule has 0 N–H and O–H groups in total. The minimum atomic E-state index is -1.41. The van der Waals surface area contributed by atoms with Crippen molar-refractivity contribution in [3.63, 3.8) is 0 Å². The Labute approximate surface area is 253 Å². The Morgan fingerprint density at radius 1 is 1.12 bits per heavy atom. The maximum atomic E-state index is 13.6. The number of ketones is 1. The Morgan fingerprint density at radius 3 is 2.56 bits per heavy atom. The molecular formula is C34H43NO8. The zero-order valence-corrected chi connectivity index (χ0v) is 26.0. The Balaban J connectivity index is 1.34. The molecule has 3 aliphatic rings. The molecule has 2 heterocycles. The summed E-state index contributed by atoms with van der Waals surface area (Å²) in [4.78, 5) is 41.5. The van der Waals surface area contributed by atoms with Crippen molar-refractivity contribution in [2.24, 2.45) is 5.92 Å². The Kier molecular flexibility index (Phi) is 8.75. The van der Waals surface area contributed by atoms with Gasteiger partial charge in [0, 0.05) is 36.3 Å². The van der Waals surface area contributed by atoms with E-state index in [4.69, 9.17) is 23.7 Å². The van der Waals surface area contributed by atoms with E-state index in [1.54, 1.807) is 27.9 Å². The number of ether oxygens (including phenoxy) is 5. The molecule has 2 aromatic rings. The van der Waals surface area contributed by atoms with Crippen LogP contribution in [0.1, 0.15) is 70.1 Å². The second-order valence-electron chi connectivity index (χ2n) is 13.1. The van der Waals surface area contributed by atoms with E-state index in [9.17, 15) is 14.4 Å². The first kappa shape index (κ1) is 30.9. The minimum absolute atomic E-state index is 0.0870. The molecule has 1 saturated carbocycles. The molecule has 0 radical (unpaired) electrons. The molecule has 1 unspecified atom stereocenters. The highest BCUT2D eigenvalue weighted by molar-refractivity contribution is 5.87. The molecule has 5 atom stereocenters. The summed E-state index contributed by atoms with van der Waals surface area (Å²) in [7, 11) is 3.75. The van der Waals surface area contributed by atoms with Gasteiger partial charge in [0.1, 0.15) is 23.6 Å². The summed E-state index contributed by atoms with van der Waals surface area (Å²) >= 11 is 0. The lowest BCUT2D eigenvalue weighted by atomic mass is 9.69. The first-order chi connectivity index (χ1) is 20.4. The predicted molar refractivity (Wildman–Crippen MR) is 159 cm³/mol. The second kappa shape index (κ2) is 12.2. The van der Waals surface area contributed by atoms with Crippen LogP contribution in [0.3, 0.4) is 0 Å². The summed E-state index contributed by atoms with van der Waals surface area (Å²) in [5.41, 5.74) is 2.16. The van der Waals surface area contributed by atoms with Crippen LogP contribution < -0.4 is 9.47 Å². The highest BCUT2D eigenvalue weighted by atomic mass is 16.7. The smallest absolute Gasteiger partial charge is 0.493 e. The molecule has 5 rings (SSSR count). The monoisotopic (exact) mass is 593 g/mol. The number of rotatable bonds is 9. The quantitative estimate of drug-likeness (QED) is 0.354. The van der Waals surface area contributed by atoms with E-state index in [0.717, 1.165) is 36.4 Å². The Morgan fingerprint density at radius 2 is 1.86 bits per heavy atom. The van der Waals surface area contributed by atoms with E-state index in [0.29, 0.717) is 18.6 Å². The number of hydrogen-bond donors (Lipinski definition) is 0. The number of methoxy groups -OCH3 is 1. The second-order valence-corrected chi connectivity index (χ2v) is 13.1. The van der Waals surface area contributed by atoms with Crippen molar-refractivity contribution in [2.75, 3.05) is 20.7 Å². The van der Waals surface area contributed by atoms with Crippen LogP contribution in [0, 0.1) is 5.92 Å². The zero-order chi connectivity index (χ0) is 30.9. The summed E-state index contributed by atoms with van der Waals surface area (Å²) in [5.74, 6) is 0.454.